The van der Waals surface area contributed by atoms with Crippen molar-refractivity contribution in [2.75, 3.05) is 12.3 Å². The van der Waals surface area contributed by atoms with E-state index in [-0.39, 0.29) is 6.61 Å². The van der Waals surface area contributed by atoms with Crippen molar-refractivity contribution in [3.05, 3.63) is 30.2 Å². The highest BCUT2D eigenvalue weighted by Crippen LogP contribution is 2.17. The van der Waals surface area contributed by atoms with Crippen LogP contribution < -0.4 is 5.73 Å². The summed E-state index contributed by atoms with van der Waals surface area (Å²) in [6.45, 7) is 0.193. The summed E-state index contributed by atoms with van der Waals surface area (Å²) < 4.78 is 5.12. The molecule has 0 aliphatic carbocycles. The van der Waals surface area contributed by atoms with Gasteiger partial charge in [-0.3, -0.25) is 0 Å². The second-order valence-electron chi connectivity index (χ2n) is 3.81. The SMILES string of the molecule is Nc1ccc(-c2noc(CCCCO)n2)cc1. The van der Waals surface area contributed by atoms with Crippen LogP contribution in [0, 0.1) is 0 Å². The van der Waals surface area contributed by atoms with Gasteiger partial charge in [-0.15, -0.1) is 0 Å². The van der Waals surface area contributed by atoms with E-state index in [1.54, 1.807) is 12.1 Å². The van der Waals surface area contributed by atoms with E-state index in [2.05, 4.69) is 10.1 Å². The second kappa shape index (κ2) is 5.45. The number of benzene rings is 1. The Hall–Kier alpha value is -1.88. The molecule has 1 aromatic heterocycles. The number of aryl methyl sites for hydroxylation is 1. The van der Waals surface area contributed by atoms with Gasteiger partial charge in [0.25, 0.3) is 0 Å². The predicted octanol–water partition coefficient (Wildman–Crippen LogP) is 1.63. The van der Waals surface area contributed by atoms with Crippen molar-refractivity contribution in [3.63, 3.8) is 0 Å². The Morgan fingerprint density at radius 2 is 1.94 bits per heavy atom. The largest absolute Gasteiger partial charge is 0.399 e. The van der Waals surface area contributed by atoms with Crippen LogP contribution in [0.3, 0.4) is 0 Å². The molecule has 0 spiro atoms. The number of anilines is 1. The van der Waals surface area contributed by atoms with Crippen LogP contribution in [0.4, 0.5) is 5.69 Å². The van der Waals surface area contributed by atoms with Crippen molar-refractivity contribution < 1.29 is 9.63 Å². The number of nitrogens with zero attached hydrogens (tertiary/aromatic N) is 2. The van der Waals surface area contributed by atoms with Crippen LogP contribution >= 0.6 is 0 Å². The van der Waals surface area contributed by atoms with Crippen molar-refractivity contribution in [2.45, 2.75) is 19.3 Å². The first kappa shape index (κ1) is 11.6. The smallest absolute Gasteiger partial charge is 0.226 e. The minimum absolute atomic E-state index is 0.193. The van der Waals surface area contributed by atoms with E-state index >= 15 is 0 Å². The normalized spacial score (nSPS) is 10.6. The molecule has 1 aromatic carbocycles. The number of unbranched alkanes of at least 4 members (excludes halogenated alkanes) is 1. The first-order chi connectivity index (χ1) is 8.29. The van der Waals surface area contributed by atoms with Crippen molar-refractivity contribution in [3.8, 4) is 11.4 Å². The summed E-state index contributed by atoms with van der Waals surface area (Å²) in [5, 5.41) is 12.6. The quantitative estimate of drug-likeness (QED) is 0.605. The molecule has 0 unspecified atom stereocenters. The van der Waals surface area contributed by atoms with Crippen LogP contribution in [0.5, 0.6) is 0 Å². The van der Waals surface area contributed by atoms with E-state index in [9.17, 15) is 0 Å². The van der Waals surface area contributed by atoms with E-state index in [4.69, 9.17) is 15.4 Å². The Bertz CT molecular complexity index is 465. The van der Waals surface area contributed by atoms with Gasteiger partial charge in [0.15, 0.2) is 0 Å². The van der Waals surface area contributed by atoms with Gasteiger partial charge in [0.1, 0.15) is 0 Å². The maximum atomic E-state index is 8.67. The zero-order chi connectivity index (χ0) is 12.1. The Morgan fingerprint density at radius 1 is 1.18 bits per heavy atom. The topological polar surface area (TPSA) is 85.2 Å². The third kappa shape index (κ3) is 3.04. The van der Waals surface area contributed by atoms with Crippen LogP contribution in [-0.2, 0) is 6.42 Å². The van der Waals surface area contributed by atoms with Gasteiger partial charge in [-0.2, -0.15) is 4.98 Å². The Labute approximate surface area is 99.3 Å². The molecule has 1 heterocycles. The molecular weight excluding hydrogens is 218 g/mol. The summed E-state index contributed by atoms with van der Waals surface area (Å²) in [6.07, 6.45) is 2.29. The molecule has 3 N–H and O–H groups in total. The molecule has 2 aromatic rings. The van der Waals surface area contributed by atoms with Crippen molar-refractivity contribution in [1.29, 1.82) is 0 Å². The maximum Gasteiger partial charge on any atom is 0.226 e. The number of rotatable bonds is 5. The third-order valence-corrected chi connectivity index (χ3v) is 2.44. The van der Waals surface area contributed by atoms with Crippen molar-refractivity contribution in [2.24, 2.45) is 0 Å². The number of aromatic nitrogens is 2. The average Bonchev–Trinajstić information content (AvgIpc) is 2.79. The molecule has 0 fully saturated rings. The van der Waals surface area contributed by atoms with E-state index in [1.165, 1.54) is 0 Å². The number of hydrogen-bond donors (Lipinski definition) is 2. The van der Waals surface area contributed by atoms with Crippen LogP contribution in [0.1, 0.15) is 18.7 Å². The van der Waals surface area contributed by atoms with Gasteiger partial charge in [-0.25, -0.2) is 0 Å². The lowest BCUT2D eigenvalue weighted by atomic mass is 10.2. The number of hydrogen-bond acceptors (Lipinski definition) is 5. The van der Waals surface area contributed by atoms with E-state index in [0.29, 0.717) is 23.8 Å². The first-order valence-corrected chi connectivity index (χ1v) is 5.59. The highest BCUT2D eigenvalue weighted by Gasteiger charge is 2.07. The third-order valence-electron chi connectivity index (χ3n) is 2.44. The molecule has 90 valence electrons. The minimum Gasteiger partial charge on any atom is -0.399 e. The van der Waals surface area contributed by atoms with Crippen molar-refractivity contribution >= 4 is 5.69 Å². The molecule has 0 bridgehead atoms. The zero-order valence-electron chi connectivity index (χ0n) is 9.47. The van der Waals surface area contributed by atoms with Crippen LogP contribution in [0.15, 0.2) is 28.8 Å². The number of nitrogens with two attached hydrogens (primary N) is 1. The molecule has 17 heavy (non-hydrogen) atoms. The van der Waals surface area contributed by atoms with Gasteiger partial charge in [0.2, 0.25) is 11.7 Å². The lowest BCUT2D eigenvalue weighted by Gasteiger charge is -1.94. The Balaban J connectivity index is 2.04. The minimum atomic E-state index is 0.193. The van der Waals surface area contributed by atoms with Crippen LogP contribution in [0.25, 0.3) is 11.4 Å². The van der Waals surface area contributed by atoms with E-state index in [0.717, 1.165) is 18.4 Å². The summed E-state index contributed by atoms with van der Waals surface area (Å²) in [7, 11) is 0. The van der Waals surface area contributed by atoms with Gasteiger partial charge in [0.05, 0.1) is 0 Å². The lowest BCUT2D eigenvalue weighted by Crippen LogP contribution is -1.89. The maximum absolute atomic E-state index is 8.67. The fraction of sp³-hybridized carbons (Fsp3) is 0.333. The predicted molar refractivity (Wildman–Crippen MR) is 64.2 cm³/mol. The van der Waals surface area contributed by atoms with Gasteiger partial charge in [-0.1, -0.05) is 5.16 Å². The van der Waals surface area contributed by atoms with E-state index in [1.807, 2.05) is 12.1 Å². The Kier molecular flexibility index (Phi) is 3.72. The molecule has 2 rings (SSSR count). The fourth-order valence-corrected chi connectivity index (χ4v) is 1.49. The average molecular weight is 233 g/mol. The number of aliphatic hydroxyl groups is 1. The van der Waals surface area contributed by atoms with Gasteiger partial charge < -0.3 is 15.4 Å². The number of aliphatic hydroxyl groups excluding tert-OH is 1. The summed E-state index contributed by atoms with van der Waals surface area (Å²) >= 11 is 0. The molecule has 0 saturated heterocycles. The molecule has 5 nitrogen and oxygen atoms in total. The van der Waals surface area contributed by atoms with E-state index < -0.39 is 0 Å². The molecule has 0 atom stereocenters. The van der Waals surface area contributed by atoms with Gasteiger partial charge in [-0.05, 0) is 37.1 Å². The molecular formula is C12H15N3O2. The van der Waals surface area contributed by atoms with Gasteiger partial charge >= 0.3 is 0 Å². The van der Waals surface area contributed by atoms with Crippen molar-refractivity contribution in [1.82, 2.24) is 10.1 Å². The monoisotopic (exact) mass is 233 g/mol. The molecule has 0 radical (unpaired) electrons. The molecule has 0 saturated carbocycles. The summed E-state index contributed by atoms with van der Waals surface area (Å²) in [6, 6.07) is 7.32. The first-order valence-electron chi connectivity index (χ1n) is 5.59. The standard InChI is InChI=1S/C12H15N3O2/c13-10-6-4-9(5-7-10)12-14-11(17-15-12)3-1-2-8-16/h4-7,16H,1-3,8,13H2. The molecule has 0 aliphatic heterocycles. The molecule has 5 heteroatoms. The second-order valence-corrected chi connectivity index (χ2v) is 3.81. The Morgan fingerprint density at radius 3 is 2.65 bits per heavy atom. The summed E-state index contributed by atoms with van der Waals surface area (Å²) in [5.74, 6) is 1.18. The van der Waals surface area contributed by atoms with Crippen LogP contribution in [-0.4, -0.2) is 21.9 Å². The summed E-state index contributed by atoms with van der Waals surface area (Å²) in [5.41, 5.74) is 7.20. The lowest BCUT2D eigenvalue weighted by molar-refractivity contribution is 0.281. The highest BCUT2D eigenvalue weighted by molar-refractivity contribution is 5.57. The van der Waals surface area contributed by atoms with Crippen LogP contribution in [0.2, 0.25) is 0 Å². The molecule has 0 aliphatic rings. The highest BCUT2D eigenvalue weighted by atomic mass is 16.5. The number of nitrogen functional groups attached to an aromatic ring is 1. The summed E-state index contributed by atoms with van der Waals surface area (Å²) in [4.78, 5) is 4.28. The van der Waals surface area contributed by atoms with Gasteiger partial charge in [0, 0.05) is 24.3 Å². The fourth-order valence-electron chi connectivity index (χ4n) is 1.49. The zero-order valence-corrected chi connectivity index (χ0v) is 9.47. The molecule has 0 amide bonds.